The second-order valence-corrected chi connectivity index (χ2v) is 5.40. The average Bonchev–Trinajstić information content (AvgIpc) is 2.89. The Morgan fingerprint density at radius 3 is 2.83 bits per heavy atom. The summed E-state index contributed by atoms with van der Waals surface area (Å²) in [7, 11) is 1.95. The first kappa shape index (κ1) is 15.5. The quantitative estimate of drug-likeness (QED) is 0.922. The highest BCUT2D eigenvalue weighted by Crippen LogP contribution is 2.13. The Kier molecular flexibility index (Phi) is 6.68. The number of halogens is 1. The van der Waals surface area contributed by atoms with Crippen molar-refractivity contribution in [2.24, 2.45) is 0 Å². The first-order valence-electron chi connectivity index (χ1n) is 6.25. The molecule has 5 heteroatoms. The van der Waals surface area contributed by atoms with Crippen molar-refractivity contribution in [3.63, 3.8) is 0 Å². The minimum Gasteiger partial charge on any atom is -0.343 e. The third-order valence-electron chi connectivity index (χ3n) is 3.46. The van der Waals surface area contributed by atoms with E-state index in [0.29, 0.717) is 12.5 Å². The Labute approximate surface area is 119 Å². The highest BCUT2D eigenvalue weighted by atomic mass is 35.5. The molecule has 0 unspecified atom stereocenters. The third-order valence-corrected chi connectivity index (χ3v) is 4.19. The average molecular weight is 289 g/mol. The number of nitrogens with zero attached hydrogens (tertiary/aromatic N) is 1. The Morgan fingerprint density at radius 2 is 2.22 bits per heavy atom. The molecule has 1 aromatic heterocycles. The van der Waals surface area contributed by atoms with Gasteiger partial charge in [-0.3, -0.25) is 4.79 Å². The first-order valence-corrected chi connectivity index (χ1v) is 7.19. The molecule has 0 aliphatic carbocycles. The van der Waals surface area contributed by atoms with Gasteiger partial charge in [0.05, 0.1) is 0 Å². The fourth-order valence-corrected chi connectivity index (χ4v) is 2.96. The van der Waals surface area contributed by atoms with E-state index in [4.69, 9.17) is 0 Å². The van der Waals surface area contributed by atoms with Crippen molar-refractivity contribution in [1.82, 2.24) is 10.2 Å². The normalized spacial score (nSPS) is 16.1. The molecule has 1 saturated heterocycles. The number of hydrogen-bond donors (Lipinski definition) is 1. The van der Waals surface area contributed by atoms with E-state index in [1.807, 2.05) is 11.9 Å². The largest absolute Gasteiger partial charge is 0.343 e. The van der Waals surface area contributed by atoms with E-state index >= 15 is 0 Å². The lowest BCUT2D eigenvalue weighted by Crippen LogP contribution is -2.44. The summed E-state index contributed by atoms with van der Waals surface area (Å²) in [5.41, 5.74) is 1.28. The van der Waals surface area contributed by atoms with Gasteiger partial charge in [-0.1, -0.05) is 0 Å². The molecule has 1 N–H and O–H groups in total. The number of rotatable bonds is 4. The van der Waals surface area contributed by atoms with Crippen LogP contribution in [0.2, 0.25) is 0 Å². The summed E-state index contributed by atoms with van der Waals surface area (Å²) in [6.45, 7) is 2.07. The molecule has 0 radical (unpaired) electrons. The van der Waals surface area contributed by atoms with Crippen LogP contribution in [0, 0.1) is 0 Å². The fourth-order valence-electron chi connectivity index (χ4n) is 2.26. The van der Waals surface area contributed by atoms with Crippen LogP contribution >= 0.6 is 23.7 Å². The molecule has 1 aliphatic heterocycles. The number of aryl methyl sites for hydroxylation is 1. The van der Waals surface area contributed by atoms with Gasteiger partial charge in [0, 0.05) is 19.5 Å². The number of carbonyl (C=O) groups excluding carboxylic acids is 1. The van der Waals surface area contributed by atoms with Crippen LogP contribution in [0.5, 0.6) is 0 Å². The van der Waals surface area contributed by atoms with Gasteiger partial charge in [-0.05, 0) is 54.7 Å². The minimum atomic E-state index is 0. The second-order valence-electron chi connectivity index (χ2n) is 4.62. The van der Waals surface area contributed by atoms with E-state index < -0.39 is 0 Å². The molecule has 1 amide bonds. The highest BCUT2D eigenvalue weighted by molar-refractivity contribution is 7.07. The van der Waals surface area contributed by atoms with Crippen molar-refractivity contribution in [1.29, 1.82) is 0 Å². The summed E-state index contributed by atoms with van der Waals surface area (Å²) in [6.07, 6.45) is 3.68. The number of piperidine rings is 1. The third kappa shape index (κ3) is 4.26. The topological polar surface area (TPSA) is 32.3 Å². The predicted octanol–water partition coefficient (Wildman–Crippen LogP) is 2.31. The van der Waals surface area contributed by atoms with E-state index in [2.05, 4.69) is 22.1 Å². The molecule has 3 nitrogen and oxygen atoms in total. The van der Waals surface area contributed by atoms with Gasteiger partial charge in [-0.15, -0.1) is 12.4 Å². The summed E-state index contributed by atoms with van der Waals surface area (Å²) in [5.74, 6) is 0.281. The monoisotopic (exact) mass is 288 g/mol. The van der Waals surface area contributed by atoms with E-state index in [-0.39, 0.29) is 18.3 Å². The molecule has 0 bridgehead atoms. The number of nitrogens with one attached hydrogen (secondary N) is 1. The standard InChI is InChI=1S/C13H20N2OS.ClH/c1-15(12-4-7-14-8-5-12)13(16)3-2-11-6-9-17-10-11;/h6,9-10,12,14H,2-5,7-8H2,1H3;1H. The molecule has 1 aromatic rings. The van der Waals surface area contributed by atoms with Crippen molar-refractivity contribution in [3.05, 3.63) is 22.4 Å². The van der Waals surface area contributed by atoms with Crippen molar-refractivity contribution in [2.45, 2.75) is 31.7 Å². The maximum absolute atomic E-state index is 12.0. The molecule has 102 valence electrons. The lowest BCUT2D eigenvalue weighted by molar-refractivity contribution is -0.132. The minimum absolute atomic E-state index is 0. The summed E-state index contributed by atoms with van der Waals surface area (Å²) >= 11 is 1.69. The summed E-state index contributed by atoms with van der Waals surface area (Å²) in [4.78, 5) is 14.0. The molecular weight excluding hydrogens is 268 g/mol. The van der Waals surface area contributed by atoms with Crippen LogP contribution in [-0.2, 0) is 11.2 Å². The molecule has 2 rings (SSSR count). The van der Waals surface area contributed by atoms with E-state index in [0.717, 1.165) is 32.4 Å². The molecule has 18 heavy (non-hydrogen) atoms. The zero-order chi connectivity index (χ0) is 12.1. The van der Waals surface area contributed by atoms with Crippen molar-refractivity contribution in [2.75, 3.05) is 20.1 Å². The SMILES string of the molecule is CN(C(=O)CCc1ccsc1)C1CCNCC1.Cl. The molecule has 0 aromatic carbocycles. The molecule has 0 saturated carbocycles. The number of thiophene rings is 1. The first-order chi connectivity index (χ1) is 8.27. The van der Waals surface area contributed by atoms with Crippen molar-refractivity contribution < 1.29 is 4.79 Å². The Balaban J connectivity index is 0.00000162. The Morgan fingerprint density at radius 1 is 1.50 bits per heavy atom. The van der Waals surface area contributed by atoms with Gasteiger partial charge in [0.2, 0.25) is 5.91 Å². The van der Waals surface area contributed by atoms with E-state index in [1.165, 1.54) is 5.56 Å². The maximum atomic E-state index is 12.0. The molecule has 2 heterocycles. The summed E-state index contributed by atoms with van der Waals surface area (Å²) < 4.78 is 0. The number of hydrogen-bond acceptors (Lipinski definition) is 3. The van der Waals surface area contributed by atoms with Gasteiger partial charge in [0.15, 0.2) is 0 Å². The fraction of sp³-hybridized carbons (Fsp3) is 0.615. The van der Waals surface area contributed by atoms with Crippen LogP contribution in [0.25, 0.3) is 0 Å². The van der Waals surface area contributed by atoms with E-state index in [1.54, 1.807) is 11.3 Å². The summed E-state index contributed by atoms with van der Waals surface area (Å²) in [5, 5.41) is 7.51. The zero-order valence-electron chi connectivity index (χ0n) is 10.7. The van der Waals surface area contributed by atoms with Crippen LogP contribution in [0.15, 0.2) is 16.8 Å². The Bertz CT molecular complexity index is 350. The second kappa shape index (κ2) is 7.77. The molecule has 1 aliphatic rings. The van der Waals surface area contributed by atoms with Crippen LogP contribution in [0.3, 0.4) is 0 Å². The van der Waals surface area contributed by atoms with Crippen molar-refractivity contribution >= 4 is 29.7 Å². The van der Waals surface area contributed by atoms with Crippen molar-refractivity contribution in [3.8, 4) is 0 Å². The lowest BCUT2D eigenvalue weighted by Gasteiger charge is -2.31. The highest BCUT2D eigenvalue weighted by Gasteiger charge is 2.21. The van der Waals surface area contributed by atoms with Gasteiger partial charge in [-0.25, -0.2) is 0 Å². The van der Waals surface area contributed by atoms with Crippen LogP contribution in [0.1, 0.15) is 24.8 Å². The molecule has 0 atom stereocenters. The van der Waals surface area contributed by atoms with Gasteiger partial charge >= 0.3 is 0 Å². The van der Waals surface area contributed by atoms with Crippen LogP contribution < -0.4 is 5.32 Å². The molecule has 1 fully saturated rings. The van der Waals surface area contributed by atoms with Gasteiger partial charge < -0.3 is 10.2 Å². The van der Waals surface area contributed by atoms with E-state index in [9.17, 15) is 4.79 Å². The van der Waals surface area contributed by atoms with Crippen LogP contribution in [-0.4, -0.2) is 37.0 Å². The predicted molar refractivity (Wildman–Crippen MR) is 78.5 cm³/mol. The van der Waals surface area contributed by atoms with Gasteiger partial charge in [-0.2, -0.15) is 11.3 Å². The zero-order valence-corrected chi connectivity index (χ0v) is 12.4. The lowest BCUT2D eigenvalue weighted by atomic mass is 10.0. The smallest absolute Gasteiger partial charge is 0.222 e. The van der Waals surface area contributed by atoms with Gasteiger partial charge in [0.25, 0.3) is 0 Å². The number of amides is 1. The molecular formula is C13H21ClN2OS. The number of carbonyl (C=O) groups is 1. The Hall–Kier alpha value is -0.580. The maximum Gasteiger partial charge on any atom is 0.222 e. The summed E-state index contributed by atoms with van der Waals surface area (Å²) in [6, 6.07) is 2.54. The molecule has 0 spiro atoms. The van der Waals surface area contributed by atoms with Crippen LogP contribution in [0.4, 0.5) is 0 Å². The van der Waals surface area contributed by atoms with Gasteiger partial charge in [0.1, 0.15) is 0 Å².